The second-order valence-electron chi connectivity index (χ2n) is 5.37. The molecule has 1 aromatic heterocycles. The van der Waals surface area contributed by atoms with Gasteiger partial charge in [0.15, 0.2) is 5.76 Å². The Balaban J connectivity index is 1.68. The SMILES string of the molecule is O=C(NCC1(Sc2ccccc2)CCOCC1)c1ccco1. The smallest absolute Gasteiger partial charge is 0.287 e. The highest BCUT2D eigenvalue weighted by Crippen LogP contribution is 2.40. The lowest BCUT2D eigenvalue weighted by Crippen LogP contribution is -2.44. The van der Waals surface area contributed by atoms with Crippen LogP contribution < -0.4 is 5.32 Å². The monoisotopic (exact) mass is 317 g/mol. The van der Waals surface area contributed by atoms with E-state index in [1.807, 2.05) is 30.0 Å². The fourth-order valence-corrected chi connectivity index (χ4v) is 3.84. The number of nitrogens with one attached hydrogen (secondary N) is 1. The van der Waals surface area contributed by atoms with Crippen LogP contribution in [0.15, 0.2) is 58.0 Å². The summed E-state index contributed by atoms with van der Waals surface area (Å²) < 4.78 is 10.6. The van der Waals surface area contributed by atoms with Gasteiger partial charge in [0.1, 0.15) is 0 Å². The van der Waals surface area contributed by atoms with Crippen molar-refractivity contribution in [1.29, 1.82) is 0 Å². The minimum atomic E-state index is -0.162. The van der Waals surface area contributed by atoms with Gasteiger partial charge in [-0.1, -0.05) is 18.2 Å². The highest BCUT2D eigenvalue weighted by molar-refractivity contribution is 8.00. The first-order valence-corrected chi connectivity index (χ1v) is 8.23. The molecule has 0 atom stereocenters. The molecule has 1 saturated heterocycles. The molecule has 2 aromatic rings. The highest BCUT2D eigenvalue weighted by atomic mass is 32.2. The van der Waals surface area contributed by atoms with Gasteiger partial charge in [0.2, 0.25) is 0 Å². The van der Waals surface area contributed by atoms with Crippen molar-refractivity contribution in [3.05, 3.63) is 54.5 Å². The summed E-state index contributed by atoms with van der Waals surface area (Å²) in [5.41, 5.74) is 0. The quantitative estimate of drug-likeness (QED) is 0.919. The molecule has 0 saturated carbocycles. The predicted octanol–water partition coefficient (Wildman–Crippen LogP) is 3.35. The van der Waals surface area contributed by atoms with Gasteiger partial charge in [-0.05, 0) is 37.1 Å². The Kier molecular flexibility index (Phi) is 4.85. The number of ether oxygens (including phenoxy) is 1. The first kappa shape index (κ1) is 15.2. The summed E-state index contributed by atoms with van der Waals surface area (Å²) >= 11 is 1.83. The van der Waals surface area contributed by atoms with Crippen molar-refractivity contribution in [2.24, 2.45) is 0 Å². The zero-order chi connectivity index (χ0) is 15.3. The summed E-state index contributed by atoms with van der Waals surface area (Å²) in [5, 5.41) is 3.01. The van der Waals surface area contributed by atoms with Crippen molar-refractivity contribution in [3.63, 3.8) is 0 Å². The van der Waals surface area contributed by atoms with E-state index < -0.39 is 0 Å². The summed E-state index contributed by atoms with van der Waals surface area (Å²) in [6, 6.07) is 13.7. The zero-order valence-electron chi connectivity index (χ0n) is 12.3. The number of hydrogen-bond acceptors (Lipinski definition) is 4. The second-order valence-corrected chi connectivity index (χ2v) is 6.91. The molecule has 22 heavy (non-hydrogen) atoms. The molecule has 2 heterocycles. The van der Waals surface area contributed by atoms with Crippen molar-refractivity contribution in [1.82, 2.24) is 5.32 Å². The van der Waals surface area contributed by atoms with Gasteiger partial charge in [0.25, 0.3) is 5.91 Å². The van der Waals surface area contributed by atoms with E-state index in [9.17, 15) is 4.79 Å². The normalized spacial score (nSPS) is 17.1. The van der Waals surface area contributed by atoms with Gasteiger partial charge in [-0.25, -0.2) is 0 Å². The maximum atomic E-state index is 12.1. The molecule has 0 aliphatic carbocycles. The average Bonchev–Trinajstić information content (AvgIpc) is 3.09. The van der Waals surface area contributed by atoms with Gasteiger partial charge >= 0.3 is 0 Å². The van der Waals surface area contributed by atoms with Gasteiger partial charge in [-0.2, -0.15) is 0 Å². The Bertz CT molecular complexity index is 592. The molecule has 3 rings (SSSR count). The number of benzene rings is 1. The van der Waals surface area contributed by atoms with Crippen molar-refractivity contribution < 1.29 is 13.9 Å². The second kappa shape index (κ2) is 7.03. The van der Waals surface area contributed by atoms with E-state index in [1.165, 1.54) is 11.2 Å². The average molecular weight is 317 g/mol. The van der Waals surface area contributed by atoms with E-state index in [1.54, 1.807) is 12.1 Å². The van der Waals surface area contributed by atoms with Crippen molar-refractivity contribution in [2.75, 3.05) is 19.8 Å². The Morgan fingerprint density at radius 3 is 2.59 bits per heavy atom. The van der Waals surface area contributed by atoms with E-state index >= 15 is 0 Å². The molecule has 1 N–H and O–H groups in total. The standard InChI is InChI=1S/C17H19NO3S/c19-16(15-7-4-10-21-15)18-13-17(8-11-20-12-9-17)22-14-5-2-1-3-6-14/h1-7,10H,8-9,11-13H2,(H,18,19). The summed E-state index contributed by atoms with van der Waals surface area (Å²) in [4.78, 5) is 13.3. The van der Waals surface area contributed by atoms with E-state index in [4.69, 9.17) is 9.15 Å². The van der Waals surface area contributed by atoms with Crippen LogP contribution in [0.3, 0.4) is 0 Å². The Labute approximate surface area is 134 Å². The van der Waals surface area contributed by atoms with Crippen LogP contribution in [0.4, 0.5) is 0 Å². The molecule has 1 aliphatic heterocycles. The van der Waals surface area contributed by atoms with Crippen LogP contribution in [-0.2, 0) is 4.74 Å². The first-order chi connectivity index (χ1) is 10.8. The van der Waals surface area contributed by atoms with Crippen molar-refractivity contribution >= 4 is 17.7 Å². The maximum Gasteiger partial charge on any atom is 0.287 e. The first-order valence-electron chi connectivity index (χ1n) is 7.41. The Hall–Kier alpha value is -1.72. The van der Waals surface area contributed by atoms with Crippen LogP contribution >= 0.6 is 11.8 Å². The third-order valence-electron chi connectivity index (χ3n) is 3.80. The van der Waals surface area contributed by atoms with Crippen LogP contribution in [0.1, 0.15) is 23.4 Å². The van der Waals surface area contributed by atoms with Crippen molar-refractivity contribution in [3.8, 4) is 0 Å². The molecule has 4 nitrogen and oxygen atoms in total. The molecule has 5 heteroatoms. The third kappa shape index (κ3) is 3.72. The fraction of sp³-hybridized carbons (Fsp3) is 0.353. The summed E-state index contributed by atoms with van der Waals surface area (Å²) in [6.45, 7) is 2.07. The molecule has 1 aliphatic rings. The number of thioether (sulfide) groups is 1. The van der Waals surface area contributed by atoms with Crippen LogP contribution in [0.5, 0.6) is 0 Å². The lowest BCUT2D eigenvalue weighted by atomic mass is 9.99. The number of carbonyl (C=O) groups is 1. The highest BCUT2D eigenvalue weighted by Gasteiger charge is 2.34. The molecule has 0 spiro atoms. The fourth-order valence-electron chi connectivity index (χ4n) is 2.53. The minimum absolute atomic E-state index is 0.0259. The molecule has 116 valence electrons. The number of rotatable bonds is 5. The molecule has 0 radical (unpaired) electrons. The molecule has 1 fully saturated rings. The number of carbonyl (C=O) groups excluding carboxylic acids is 1. The lowest BCUT2D eigenvalue weighted by molar-refractivity contribution is 0.0735. The molecular weight excluding hydrogens is 298 g/mol. The van der Waals surface area contributed by atoms with Gasteiger partial charge in [-0.3, -0.25) is 4.79 Å². The number of furan rings is 1. The summed E-state index contributed by atoms with van der Waals surface area (Å²) in [6.07, 6.45) is 3.36. The molecule has 0 bridgehead atoms. The van der Waals surface area contributed by atoms with Crippen LogP contribution in [0.2, 0.25) is 0 Å². The van der Waals surface area contributed by atoms with Crippen LogP contribution in [0.25, 0.3) is 0 Å². The minimum Gasteiger partial charge on any atom is -0.459 e. The number of hydrogen-bond donors (Lipinski definition) is 1. The molecular formula is C17H19NO3S. The zero-order valence-corrected chi connectivity index (χ0v) is 13.1. The molecule has 0 unspecified atom stereocenters. The predicted molar refractivity (Wildman–Crippen MR) is 86.1 cm³/mol. The van der Waals surface area contributed by atoms with E-state index in [0.717, 1.165) is 26.1 Å². The molecule has 1 amide bonds. The van der Waals surface area contributed by atoms with E-state index in [0.29, 0.717) is 12.3 Å². The topological polar surface area (TPSA) is 51.5 Å². The lowest BCUT2D eigenvalue weighted by Gasteiger charge is -2.36. The maximum absolute atomic E-state index is 12.1. The largest absolute Gasteiger partial charge is 0.459 e. The summed E-state index contributed by atoms with van der Waals surface area (Å²) in [7, 11) is 0. The molecule has 1 aromatic carbocycles. The van der Waals surface area contributed by atoms with Crippen LogP contribution in [0, 0.1) is 0 Å². The Morgan fingerprint density at radius 2 is 1.91 bits per heavy atom. The van der Waals surface area contributed by atoms with Gasteiger partial charge in [0.05, 0.1) is 6.26 Å². The number of amides is 1. The van der Waals surface area contributed by atoms with Crippen LogP contribution in [-0.4, -0.2) is 30.4 Å². The van der Waals surface area contributed by atoms with Gasteiger partial charge in [0, 0.05) is 29.4 Å². The van der Waals surface area contributed by atoms with E-state index in [-0.39, 0.29) is 10.7 Å². The Morgan fingerprint density at radius 1 is 1.14 bits per heavy atom. The van der Waals surface area contributed by atoms with Crippen molar-refractivity contribution in [2.45, 2.75) is 22.5 Å². The third-order valence-corrected chi connectivity index (χ3v) is 5.29. The van der Waals surface area contributed by atoms with Gasteiger partial charge < -0.3 is 14.5 Å². The van der Waals surface area contributed by atoms with Gasteiger partial charge in [-0.15, -0.1) is 11.8 Å². The summed E-state index contributed by atoms with van der Waals surface area (Å²) in [5.74, 6) is 0.191. The van der Waals surface area contributed by atoms with E-state index in [2.05, 4.69) is 17.4 Å².